The van der Waals surface area contributed by atoms with E-state index in [0.717, 1.165) is 24.4 Å². The Morgan fingerprint density at radius 3 is 2.58 bits per heavy atom. The molecule has 0 aromatic heterocycles. The molecular weight excluding hydrogens is 394 g/mol. The van der Waals surface area contributed by atoms with Gasteiger partial charge in [0.25, 0.3) is 5.91 Å². The molecule has 0 spiro atoms. The summed E-state index contributed by atoms with van der Waals surface area (Å²) < 4.78 is 10.7. The lowest BCUT2D eigenvalue weighted by Crippen LogP contribution is -2.47. The van der Waals surface area contributed by atoms with Gasteiger partial charge in [-0.15, -0.1) is 0 Å². The van der Waals surface area contributed by atoms with Crippen LogP contribution in [0.25, 0.3) is 0 Å². The summed E-state index contributed by atoms with van der Waals surface area (Å²) in [5, 5.41) is 3.06. The molecule has 1 fully saturated rings. The first-order valence-electron chi connectivity index (χ1n) is 10.8. The second kappa shape index (κ2) is 9.83. The molecule has 2 amide bonds. The van der Waals surface area contributed by atoms with Crippen LogP contribution in [0, 0.1) is 0 Å². The number of nitrogens with zero attached hydrogens (tertiary/aromatic N) is 2. The van der Waals surface area contributed by atoms with Crippen molar-refractivity contribution in [1.29, 1.82) is 0 Å². The van der Waals surface area contributed by atoms with E-state index in [1.807, 2.05) is 30.3 Å². The van der Waals surface area contributed by atoms with Crippen molar-refractivity contribution in [3.05, 3.63) is 54.1 Å². The molecule has 1 saturated heterocycles. The maximum absolute atomic E-state index is 12.8. The fraction of sp³-hybridized carbons (Fsp3) is 0.417. The van der Waals surface area contributed by atoms with Gasteiger partial charge in [0.2, 0.25) is 5.91 Å². The molecule has 2 aliphatic heterocycles. The molecule has 2 heterocycles. The van der Waals surface area contributed by atoms with Crippen molar-refractivity contribution in [1.82, 2.24) is 10.2 Å². The number of piperidine rings is 1. The van der Waals surface area contributed by atoms with Gasteiger partial charge in [0, 0.05) is 6.54 Å². The summed E-state index contributed by atoms with van der Waals surface area (Å²) in [6.07, 6.45) is 3.58. The zero-order chi connectivity index (χ0) is 21.6. The predicted molar refractivity (Wildman–Crippen MR) is 118 cm³/mol. The van der Waals surface area contributed by atoms with Gasteiger partial charge in [-0.05, 0) is 55.8 Å². The van der Waals surface area contributed by atoms with Gasteiger partial charge < -0.3 is 14.8 Å². The molecule has 0 saturated carbocycles. The number of anilines is 1. The number of hydrogen-bond donors (Lipinski definition) is 1. The average molecular weight is 424 g/mol. The quantitative estimate of drug-likeness (QED) is 0.742. The van der Waals surface area contributed by atoms with Crippen LogP contribution in [-0.4, -0.2) is 56.6 Å². The molecule has 164 valence electrons. The number of rotatable bonds is 7. The number of amides is 2. The Morgan fingerprint density at radius 2 is 1.84 bits per heavy atom. The van der Waals surface area contributed by atoms with Crippen molar-refractivity contribution in [2.24, 2.45) is 0 Å². The Kier molecular flexibility index (Phi) is 6.72. The number of ether oxygens (including phenoxy) is 2. The molecule has 0 radical (unpaired) electrons. The lowest BCUT2D eigenvalue weighted by molar-refractivity contribution is -0.125. The zero-order valence-corrected chi connectivity index (χ0v) is 17.9. The molecular formula is C24H29N3O4. The SMILES string of the molecule is COc1ccc([C@H](CNC(=O)CN2C(=O)COc3ccccc32)N2CCCCC2)cc1. The summed E-state index contributed by atoms with van der Waals surface area (Å²) in [5.41, 5.74) is 1.78. The smallest absolute Gasteiger partial charge is 0.265 e. The third kappa shape index (κ3) is 4.99. The Labute approximate surface area is 182 Å². The van der Waals surface area contributed by atoms with Crippen molar-refractivity contribution in [3.8, 4) is 11.5 Å². The van der Waals surface area contributed by atoms with Crippen LogP contribution in [0.2, 0.25) is 0 Å². The molecule has 1 N–H and O–H groups in total. The number of methoxy groups -OCH3 is 1. The van der Waals surface area contributed by atoms with Gasteiger partial charge in [-0.25, -0.2) is 0 Å². The summed E-state index contributed by atoms with van der Waals surface area (Å²) in [5.74, 6) is 1.05. The molecule has 7 heteroatoms. The summed E-state index contributed by atoms with van der Waals surface area (Å²) in [7, 11) is 1.66. The number of nitrogens with one attached hydrogen (secondary N) is 1. The highest BCUT2D eigenvalue weighted by Gasteiger charge is 2.28. The lowest BCUT2D eigenvalue weighted by atomic mass is 10.0. The first kappa shape index (κ1) is 21.2. The fourth-order valence-electron chi connectivity index (χ4n) is 4.25. The second-order valence-electron chi connectivity index (χ2n) is 7.93. The van der Waals surface area contributed by atoms with Gasteiger partial charge in [-0.3, -0.25) is 19.4 Å². The molecule has 2 aromatic rings. The van der Waals surface area contributed by atoms with E-state index in [1.165, 1.54) is 24.2 Å². The Balaban J connectivity index is 1.44. The van der Waals surface area contributed by atoms with E-state index in [4.69, 9.17) is 9.47 Å². The minimum Gasteiger partial charge on any atom is -0.497 e. The van der Waals surface area contributed by atoms with Crippen LogP contribution in [-0.2, 0) is 9.59 Å². The molecule has 7 nitrogen and oxygen atoms in total. The van der Waals surface area contributed by atoms with Crippen LogP contribution in [0.1, 0.15) is 30.9 Å². The lowest BCUT2D eigenvalue weighted by Gasteiger charge is -2.35. The fourth-order valence-corrected chi connectivity index (χ4v) is 4.25. The maximum Gasteiger partial charge on any atom is 0.265 e. The van der Waals surface area contributed by atoms with E-state index in [-0.39, 0.29) is 31.0 Å². The van der Waals surface area contributed by atoms with Crippen LogP contribution in [0.15, 0.2) is 48.5 Å². The molecule has 31 heavy (non-hydrogen) atoms. The van der Waals surface area contributed by atoms with E-state index >= 15 is 0 Å². The van der Waals surface area contributed by atoms with Crippen molar-refractivity contribution < 1.29 is 19.1 Å². The number of para-hydroxylation sites is 2. The minimum absolute atomic E-state index is 0.0193. The summed E-state index contributed by atoms with van der Waals surface area (Å²) in [4.78, 5) is 29.1. The molecule has 2 aromatic carbocycles. The van der Waals surface area contributed by atoms with Crippen molar-refractivity contribution in [2.75, 3.05) is 44.8 Å². The van der Waals surface area contributed by atoms with Gasteiger partial charge in [0.1, 0.15) is 18.0 Å². The third-order valence-corrected chi connectivity index (χ3v) is 5.93. The number of benzene rings is 2. The Morgan fingerprint density at radius 1 is 1.10 bits per heavy atom. The first-order valence-corrected chi connectivity index (χ1v) is 10.8. The molecule has 0 unspecified atom stereocenters. The van der Waals surface area contributed by atoms with Crippen LogP contribution in [0.3, 0.4) is 0 Å². The van der Waals surface area contributed by atoms with Crippen molar-refractivity contribution >= 4 is 17.5 Å². The monoisotopic (exact) mass is 423 g/mol. The maximum atomic E-state index is 12.8. The topological polar surface area (TPSA) is 71.1 Å². The van der Waals surface area contributed by atoms with Gasteiger partial charge >= 0.3 is 0 Å². The minimum atomic E-state index is -0.211. The number of carbonyl (C=O) groups excluding carboxylic acids is 2. The van der Waals surface area contributed by atoms with E-state index in [2.05, 4.69) is 22.3 Å². The van der Waals surface area contributed by atoms with Crippen LogP contribution in [0.5, 0.6) is 11.5 Å². The van der Waals surface area contributed by atoms with Crippen molar-refractivity contribution in [3.63, 3.8) is 0 Å². The predicted octanol–water partition coefficient (Wildman–Crippen LogP) is 2.76. The van der Waals surface area contributed by atoms with E-state index < -0.39 is 0 Å². The third-order valence-electron chi connectivity index (χ3n) is 5.93. The number of carbonyl (C=O) groups is 2. The Hall–Kier alpha value is -3.06. The number of hydrogen-bond acceptors (Lipinski definition) is 5. The van der Waals surface area contributed by atoms with E-state index in [1.54, 1.807) is 13.2 Å². The number of likely N-dealkylation sites (tertiary alicyclic amines) is 1. The summed E-state index contributed by atoms with van der Waals surface area (Å²) >= 11 is 0. The zero-order valence-electron chi connectivity index (χ0n) is 17.9. The van der Waals surface area contributed by atoms with Crippen LogP contribution in [0.4, 0.5) is 5.69 Å². The van der Waals surface area contributed by atoms with Crippen LogP contribution < -0.4 is 19.7 Å². The summed E-state index contributed by atoms with van der Waals surface area (Å²) in [6, 6.07) is 15.4. The molecule has 0 bridgehead atoms. The normalized spacial score (nSPS) is 17.5. The highest BCUT2D eigenvalue weighted by atomic mass is 16.5. The molecule has 2 aliphatic rings. The van der Waals surface area contributed by atoms with Crippen molar-refractivity contribution in [2.45, 2.75) is 25.3 Å². The first-order chi connectivity index (χ1) is 15.2. The van der Waals surface area contributed by atoms with E-state index in [9.17, 15) is 9.59 Å². The second-order valence-corrected chi connectivity index (χ2v) is 7.93. The van der Waals surface area contributed by atoms with Gasteiger partial charge in [0.05, 0.1) is 18.8 Å². The van der Waals surface area contributed by atoms with Crippen LogP contribution >= 0.6 is 0 Å². The van der Waals surface area contributed by atoms with Gasteiger partial charge in [0.15, 0.2) is 6.61 Å². The van der Waals surface area contributed by atoms with Gasteiger partial charge in [-0.2, -0.15) is 0 Å². The molecule has 4 rings (SSSR count). The largest absolute Gasteiger partial charge is 0.497 e. The van der Waals surface area contributed by atoms with Gasteiger partial charge in [-0.1, -0.05) is 30.7 Å². The molecule has 1 atom stereocenters. The standard InChI is InChI=1S/C24H29N3O4/c1-30-19-11-9-18(10-12-19)21(26-13-5-2-6-14-26)15-25-23(28)16-27-20-7-3-4-8-22(20)31-17-24(27)29/h3-4,7-12,21H,2,5-6,13-17H2,1H3,(H,25,28)/t21-/m0/s1. The number of fused-ring (bicyclic) bond motifs is 1. The highest BCUT2D eigenvalue weighted by molar-refractivity contribution is 6.02. The van der Waals surface area contributed by atoms with E-state index in [0.29, 0.717) is 18.0 Å². The molecule has 0 aliphatic carbocycles. The Bertz CT molecular complexity index is 909. The highest BCUT2D eigenvalue weighted by Crippen LogP contribution is 2.31. The summed E-state index contributed by atoms with van der Waals surface area (Å²) in [6.45, 7) is 2.45. The average Bonchev–Trinajstić information content (AvgIpc) is 2.82.